The Labute approximate surface area is 125 Å². The summed E-state index contributed by atoms with van der Waals surface area (Å²) in [7, 11) is 0. The fraction of sp³-hybridized carbons (Fsp3) is 0.125. The fourth-order valence-corrected chi connectivity index (χ4v) is 4.89. The predicted octanol–water partition coefficient (Wildman–Crippen LogP) is 6.41. The predicted molar refractivity (Wildman–Crippen MR) is 90.4 cm³/mol. The summed E-state index contributed by atoms with van der Waals surface area (Å²) >= 11 is 5.58. The first-order valence-electron chi connectivity index (χ1n) is 6.21. The maximum Gasteiger partial charge on any atom is 0.0449 e. The molecule has 0 aliphatic heterocycles. The van der Waals surface area contributed by atoms with Gasteiger partial charge in [0.2, 0.25) is 0 Å². The fourth-order valence-electron chi connectivity index (χ4n) is 1.90. The summed E-state index contributed by atoms with van der Waals surface area (Å²) < 4.78 is 0. The summed E-state index contributed by atoms with van der Waals surface area (Å²) in [6.45, 7) is 6.02. The van der Waals surface area contributed by atoms with Crippen LogP contribution in [0.5, 0.6) is 0 Å². The molecule has 19 heavy (non-hydrogen) atoms. The molecule has 0 radical (unpaired) electrons. The van der Waals surface area contributed by atoms with Crippen molar-refractivity contribution in [3.8, 4) is 19.5 Å². The number of hydrogen-bond acceptors (Lipinski definition) is 3. The second-order valence-corrected chi connectivity index (χ2v) is 7.56. The lowest BCUT2D eigenvalue weighted by Crippen LogP contribution is -1.63. The Morgan fingerprint density at radius 3 is 2.00 bits per heavy atom. The molecule has 0 spiro atoms. The molecule has 0 aliphatic rings. The van der Waals surface area contributed by atoms with Crippen LogP contribution in [0.2, 0.25) is 0 Å². The van der Waals surface area contributed by atoms with Crippen LogP contribution in [0.4, 0.5) is 0 Å². The monoisotopic (exact) mass is 302 g/mol. The van der Waals surface area contributed by atoms with Crippen LogP contribution in [0.15, 0.2) is 43.0 Å². The molecule has 3 heterocycles. The molecule has 3 heteroatoms. The van der Waals surface area contributed by atoms with Crippen molar-refractivity contribution >= 4 is 40.1 Å². The van der Waals surface area contributed by atoms with Crippen molar-refractivity contribution in [3.05, 3.63) is 52.7 Å². The van der Waals surface area contributed by atoms with Crippen molar-refractivity contribution < 1.29 is 0 Å². The van der Waals surface area contributed by atoms with E-state index in [0.717, 1.165) is 6.42 Å². The zero-order chi connectivity index (χ0) is 13.2. The Balaban J connectivity index is 1.92. The highest BCUT2D eigenvalue weighted by atomic mass is 32.1. The topological polar surface area (TPSA) is 0 Å². The molecule has 3 aromatic heterocycles. The van der Waals surface area contributed by atoms with E-state index in [1.165, 1.54) is 29.3 Å². The second-order valence-electron chi connectivity index (χ2n) is 4.19. The lowest BCUT2D eigenvalue weighted by Gasteiger charge is -1.91. The van der Waals surface area contributed by atoms with Crippen molar-refractivity contribution in [1.82, 2.24) is 0 Å². The van der Waals surface area contributed by atoms with Crippen LogP contribution < -0.4 is 0 Å². The van der Waals surface area contributed by atoms with Gasteiger partial charge >= 0.3 is 0 Å². The molecule has 0 saturated heterocycles. The minimum absolute atomic E-state index is 1.12. The Morgan fingerprint density at radius 1 is 0.842 bits per heavy atom. The number of rotatable bonds is 4. The van der Waals surface area contributed by atoms with Crippen LogP contribution in [0.25, 0.3) is 25.6 Å². The number of hydrogen-bond donors (Lipinski definition) is 0. The molecule has 0 nitrogen and oxygen atoms in total. The number of aryl methyl sites for hydroxylation is 1. The van der Waals surface area contributed by atoms with Crippen LogP contribution in [-0.2, 0) is 6.42 Å². The Hall–Kier alpha value is -1.16. The van der Waals surface area contributed by atoms with E-state index in [2.05, 4.69) is 49.9 Å². The van der Waals surface area contributed by atoms with Gasteiger partial charge in [-0.2, -0.15) is 0 Å². The Morgan fingerprint density at radius 2 is 1.42 bits per heavy atom. The van der Waals surface area contributed by atoms with Crippen molar-refractivity contribution in [3.63, 3.8) is 0 Å². The Kier molecular flexibility index (Phi) is 3.69. The van der Waals surface area contributed by atoms with E-state index in [0.29, 0.717) is 0 Å². The average Bonchev–Trinajstić information content (AvgIpc) is 3.16. The summed E-state index contributed by atoms with van der Waals surface area (Å²) in [6, 6.07) is 13.3. The lowest BCUT2D eigenvalue weighted by atomic mass is 10.3. The van der Waals surface area contributed by atoms with Gasteiger partial charge in [-0.1, -0.05) is 19.6 Å². The third kappa shape index (κ3) is 2.59. The molecule has 0 aliphatic carbocycles. The first-order chi connectivity index (χ1) is 9.30. The van der Waals surface area contributed by atoms with Crippen molar-refractivity contribution in [1.29, 1.82) is 0 Å². The van der Waals surface area contributed by atoms with Crippen LogP contribution in [0.3, 0.4) is 0 Å². The first kappa shape index (κ1) is 12.9. The van der Waals surface area contributed by atoms with Crippen LogP contribution in [0, 0.1) is 0 Å². The van der Waals surface area contributed by atoms with Gasteiger partial charge in [-0.3, -0.25) is 0 Å². The zero-order valence-corrected chi connectivity index (χ0v) is 13.1. The van der Waals surface area contributed by atoms with Crippen LogP contribution in [-0.4, -0.2) is 0 Å². The zero-order valence-electron chi connectivity index (χ0n) is 10.7. The maximum absolute atomic E-state index is 3.82. The quantitative estimate of drug-likeness (QED) is 0.522. The van der Waals surface area contributed by atoms with E-state index >= 15 is 0 Å². The van der Waals surface area contributed by atoms with Crippen molar-refractivity contribution in [2.75, 3.05) is 0 Å². The van der Waals surface area contributed by atoms with Gasteiger partial charge in [0.15, 0.2) is 0 Å². The van der Waals surface area contributed by atoms with Gasteiger partial charge in [-0.25, -0.2) is 0 Å². The summed E-state index contributed by atoms with van der Waals surface area (Å²) in [5.74, 6) is 0. The van der Waals surface area contributed by atoms with E-state index in [4.69, 9.17) is 0 Å². The molecule has 0 aromatic carbocycles. The van der Waals surface area contributed by atoms with Gasteiger partial charge in [-0.05, 0) is 42.8 Å². The smallest absolute Gasteiger partial charge is 0.0449 e. The summed E-state index contributed by atoms with van der Waals surface area (Å²) in [5.41, 5.74) is 0. The summed E-state index contributed by atoms with van der Waals surface area (Å²) in [6.07, 6.45) is 3.03. The molecular weight excluding hydrogens is 288 g/mol. The first-order valence-corrected chi connectivity index (χ1v) is 8.66. The van der Waals surface area contributed by atoms with Crippen LogP contribution >= 0.6 is 34.0 Å². The van der Waals surface area contributed by atoms with E-state index in [1.807, 2.05) is 28.7 Å². The molecule has 0 N–H and O–H groups in total. The van der Waals surface area contributed by atoms with E-state index in [-0.39, 0.29) is 0 Å². The van der Waals surface area contributed by atoms with E-state index < -0.39 is 0 Å². The molecule has 3 aromatic rings. The largest absolute Gasteiger partial charge is 0.139 e. The highest BCUT2D eigenvalue weighted by Gasteiger charge is 2.08. The maximum atomic E-state index is 3.82. The SMILES string of the molecule is C=Cc1ccc(-c2ccc(-c3ccc(CC)s3)s2)s1. The molecule has 3 rings (SSSR count). The van der Waals surface area contributed by atoms with Gasteiger partial charge in [0.1, 0.15) is 0 Å². The third-order valence-corrected chi connectivity index (χ3v) is 6.72. The van der Waals surface area contributed by atoms with E-state index in [1.54, 1.807) is 11.3 Å². The highest BCUT2D eigenvalue weighted by Crippen LogP contribution is 2.40. The van der Waals surface area contributed by atoms with Crippen molar-refractivity contribution in [2.24, 2.45) is 0 Å². The molecule has 96 valence electrons. The minimum atomic E-state index is 1.12. The standard InChI is InChI=1S/C16H14S3/c1-3-11-5-7-13(17-11)15-9-10-16(19-15)14-8-6-12(4-2)18-14/h3,5-10H,1,4H2,2H3. The summed E-state index contributed by atoms with van der Waals surface area (Å²) in [5, 5.41) is 0. The minimum Gasteiger partial charge on any atom is -0.139 e. The molecular formula is C16H14S3. The lowest BCUT2D eigenvalue weighted by molar-refractivity contribution is 1.19. The van der Waals surface area contributed by atoms with Gasteiger partial charge in [-0.15, -0.1) is 34.0 Å². The van der Waals surface area contributed by atoms with E-state index in [9.17, 15) is 0 Å². The highest BCUT2D eigenvalue weighted by molar-refractivity contribution is 7.26. The van der Waals surface area contributed by atoms with Crippen LogP contribution in [0.1, 0.15) is 16.7 Å². The summed E-state index contributed by atoms with van der Waals surface area (Å²) in [4.78, 5) is 8.11. The molecule has 0 fully saturated rings. The van der Waals surface area contributed by atoms with Gasteiger partial charge in [0, 0.05) is 29.3 Å². The third-order valence-electron chi connectivity index (χ3n) is 2.93. The van der Waals surface area contributed by atoms with Gasteiger partial charge in [0.05, 0.1) is 0 Å². The Bertz CT molecular complexity index is 697. The molecule has 0 saturated carbocycles. The molecule has 0 atom stereocenters. The molecule has 0 amide bonds. The van der Waals surface area contributed by atoms with Crippen molar-refractivity contribution in [2.45, 2.75) is 13.3 Å². The molecule has 0 bridgehead atoms. The molecule has 0 unspecified atom stereocenters. The van der Waals surface area contributed by atoms with Gasteiger partial charge in [0.25, 0.3) is 0 Å². The average molecular weight is 302 g/mol. The number of thiophene rings is 3. The normalized spacial score (nSPS) is 10.8. The van der Waals surface area contributed by atoms with Gasteiger partial charge < -0.3 is 0 Å². The second kappa shape index (κ2) is 5.45.